The largest absolute Gasteiger partial charge is 0.425 e. The smallest absolute Gasteiger partial charge is 0.328 e. The van der Waals surface area contributed by atoms with Crippen molar-refractivity contribution in [2.45, 2.75) is 117 Å². The molecule has 3 heteroatoms. The minimum atomic E-state index is -0.528. The van der Waals surface area contributed by atoms with Crippen molar-refractivity contribution in [3.63, 3.8) is 0 Å². The van der Waals surface area contributed by atoms with Crippen LogP contribution in [0.1, 0.15) is 109 Å². The summed E-state index contributed by atoms with van der Waals surface area (Å²) in [6.45, 7) is 14.5. The summed E-state index contributed by atoms with van der Waals surface area (Å²) in [5.74, 6) is 1.87. The third kappa shape index (κ3) is 3.83. The van der Waals surface area contributed by atoms with Crippen LogP contribution in [0.25, 0.3) is 0 Å². The zero-order valence-corrected chi connectivity index (χ0v) is 21.4. The van der Waals surface area contributed by atoms with Gasteiger partial charge >= 0.3 is 5.97 Å². The zero-order chi connectivity index (χ0) is 23.3. The van der Waals surface area contributed by atoms with Crippen LogP contribution < -0.4 is 10.5 Å². The number of fused-ring (bicyclic) bond motifs is 5. The second kappa shape index (κ2) is 8.46. The summed E-state index contributed by atoms with van der Waals surface area (Å²) in [5, 5.41) is 0. The van der Waals surface area contributed by atoms with Gasteiger partial charge in [-0.2, -0.15) is 0 Å². The van der Waals surface area contributed by atoms with Crippen molar-refractivity contribution >= 4 is 5.97 Å². The van der Waals surface area contributed by atoms with E-state index >= 15 is 0 Å². The van der Waals surface area contributed by atoms with E-state index in [0.29, 0.717) is 28.9 Å². The predicted molar refractivity (Wildman–Crippen MR) is 132 cm³/mol. The van der Waals surface area contributed by atoms with Gasteiger partial charge in [-0.1, -0.05) is 60.3 Å². The molecule has 1 aromatic carbocycles. The van der Waals surface area contributed by atoms with E-state index in [0.717, 1.165) is 31.6 Å². The molecule has 0 amide bonds. The molecule has 0 radical (unpaired) electrons. The van der Waals surface area contributed by atoms with Gasteiger partial charge in [-0.3, -0.25) is 0 Å². The van der Waals surface area contributed by atoms with Gasteiger partial charge in [-0.05, 0) is 102 Å². The standard InChI is InChI=1S/C29H45NO2/c1-7-8-9-11-22(30)26(31)32-21-16-19(2)25-20(17-21)18-24-28(5)14-10-13-27(3,4)23(28)12-15-29(24,25)6/h16-17,22-24H,7-15,18,30H2,1-6H3/t22?,23-,24-,28-,29-/m0/s1. The van der Waals surface area contributed by atoms with Crippen molar-refractivity contribution in [3.05, 3.63) is 28.8 Å². The first-order chi connectivity index (χ1) is 15.0. The maximum Gasteiger partial charge on any atom is 0.328 e. The summed E-state index contributed by atoms with van der Waals surface area (Å²) in [6, 6.07) is 3.72. The molecule has 2 N–H and O–H groups in total. The lowest BCUT2D eigenvalue weighted by atomic mass is 9.43. The molecule has 1 unspecified atom stereocenters. The number of carbonyl (C=O) groups is 1. The summed E-state index contributed by atoms with van der Waals surface area (Å²) in [7, 11) is 0. The first-order valence-electron chi connectivity index (χ1n) is 13.1. The highest BCUT2D eigenvalue weighted by Crippen LogP contribution is 2.67. The Morgan fingerprint density at radius 3 is 2.59 bits per heavy atom. The summed E-state index contributed by atoms with van der Waals surface area (Å²) in [4.78, 5) is 12.6. The number of esters is 1. The first kappa shape index (κ1) is 23.8. The number of aryl methyl sites for hydroxylation is 1. The maximum atomic E-state index is 12.6. The Hall–Kier alpha value is -1.35. The maximum absolute atomic E-state index is 12.6. The molecular formula is C29H45NO2. The molecule has 178 valence electrons. The van der Waals surface area contributed by atoms with Crippen LogP contribution >= 0.6 is 0 Å². The van der Waals surface area contributed by atoms with Crippen LogP contribution in [-0.2, 0) is 16.6 Å². The van der Waals surface area contributed by atoms with Gasteiger partial charge in [0.1, 0.15) is 11.8 Å². The number of unbranched alkanes of at least 4 members (excludes halogenated alkanes) is 2. The number of rotatable bonds is 6. The van der Waals surface area contributed by atoms with Gasteiger partial charge in [0.15, 0.2) is 0 Å². The van der Waals surface area contributed by atoms with E-state index in [1.807, 2.05) is 0 Å². The summed E-state index contributed by atoms with van der Waals surface area (Å²) in [5.41, 5.74) is 11.4. The predicted octanol–water partition coefficient (Wildman–Crippen LogP) is 6.86. The molecule has 0 saturated heterocycles. The molecule has 0 bridgehead atoms. The van der Waals surface area contributed by atoms with E-state index in [9.17, 15) is 4.79 Å². The van der Waals surface area contributed by atoms with Crippen LogP contribution in [0.15, 0.2) is 12.1 Å². The summed E-state index contributed by atoms with van der Waals surface area (Å²) >= 11 is 0. The highest BCUT2D eigenvalue weighted by Gasteiger charge is 2.61. The van der Waals surface area contributed by atoms with Crippen molar-refractivity contribution in [2.24, 2.45) is 28.4 Å². The summed E-state index contributed by atoms with van der Waals surface area (Å²) in [6.07, 6.45) is 11.7. The van der Waals surface area contributed by atoms with Crippen LogP contribution in [0.3, 0.4) is 0 Å². The molecule has 4 rings (SSSR count). The second-order valence-corrected chi connectivity index (χ2v) is 12.4. The normalized spacial score (nSPS) is 33.7. The Labute approximate surface area is 195 Å². The molecular weight excluding hydrogens is 394 g/mol. The molecule has 3 nitrogen and oxygen atoms in total. The lowest BCUT2D eigenvalue weighted by Crippen LogP contribution is -2.55. The molecule has 0 aromatic heterocycles. The second-order valence-electron chi connectivity index (χ2n) is 12.4. The van der Waals surface area contributed by atoms with E-state index in [-0.39, 0.29) is 11.4 Å². The molecule has 3 aliphatic carbocycles. The molecule has 0 aliphatic heterocycles. The fourth-order valence-electron chi connectivity index (χ4n) is 8.41. The molecule has 3 aliphatic rings. The van der Waals surface area contributed by atoms with Gasteiger partial charge < -0.3 is 10.5 Å². The number of carbonyl (C=O) groups excluding carboxylic acids is 1. The van der Waals surface area contributed by atoms with Crippen molar-refractivity contribution in [1.82, 2.24) is 0 Å². The fourth-order valence-corrected chi connectivity index (χ4v) is 8.41. The molecule has 0 heterocycles. The van der Waals surface area contributed by atoms with Gasteiger partial charge in [-0.25, -0.2) is 4.79 Å². The van der Waals surface area contributed by atoms with Crippen LogP contribution in [0.4, 0.5) is 0 Å². The SMILES string of the molecule is CCCCCC(N)C(=O)Oc1cc(C)c2c(c1)C[C@H]1[C@@]3(C)CCCC(C)(C)[C@@H]3CC[C@]21C. The molecule has 2 saturated carbocycles. The average Bonchev–Trinajstić information content (AvgIpc) is 3.01. The zero-order valence-electron chi connectivity index (χ0n) is 21.4. The Balaban J connectivity index is 1.58. The van der Waals surface area contributed by atoms with Gasteiger partial charge in [-0.15, -0.1) is 0 Å². The topological polar surface area (TPSA) is 52.3 Å². The monoisotopic (exact) mass is 439 g/mol. The van der Waals surface area contributed by atoms with E-state index in [4.69, 9.17) is 10.5 Å². The lowest BCUT2D eigenvalue weighted by molar-refractivity contribution is -0.136. The van der Waals surface area contributed by atoms with Crippen molar-refractivity contribution in [2.75, 3.05) is 0 Å². The van der Waals surface area contributed by atoms with E-state index in [2.05, 4.69) is 53.7 Å². The number of ether oxygens (including phenoxy) is 1. The van der Waals surface area contributed by atoms with Gasteiger partial charge in [0, 0.05) is 0 Å². The lowest BCUT2D eigenvalue weighted by Gasteiger charge is -2.61. The highest BCUT2D eigenvalue weighted by molar-refractivity contribution is 5.78. The van der Waals surface area contributed by atoms with Gasteiger partial charge in [0.25, 0.3) is 0 Å². The third-order valence-corrected chi connectivity index (χ3v) is 9.82. The van der Waals surface area contributed by atoms with Crippen molar-refractivity contribution < 1.29 is 9.53 Å². The first-order valence-corrected chi connectivity index (χ1v) is 13.1. The minimum absolute atomic E-state index is 0.233. The van der Waals surface area contributed by atoms with Crippen molar-refractivity contribution in [3.8, 4) is 5.75 Å². The average molecular weight is 440 g/mol. The van der Waals surface area contributed by atoms with Gasteiger partial charge in [0.2, 0.25) is 0 Å². The summed E-state index contributed by atoms with van der Waals surface area (Å²) < 4.78 is 5.80. The van der Waals surface area contributed by atoms with E-state index < -0.39 is 6.04 Å². The van der Waals surface area contributed by atoms with Gasteiger partial charge in [0.05, 0.1) is 0 Å². The highest BCUT2D eigenvalue weighted by atomic mass is 16.5. The van der Waals surface area contributed by atoms with Crippen LogP contribution in [-0.4, -0.2) is 12.0 Å². The Morgan fingerprint density at radius 1 is 1.12 bits per heavy atom. The molecule has 0 spiro atoms. The fraction of sp³-hybridized carbons (Fsp3) is 0.759. The van der Waals surface area contributed by atoms with Crippen LogP contribution in [0, 0.1) is 29.6 Å². The number of benzene rings is 1. The van der Waals surface area contributed by atoms with Crippen LogP contribution in [0.5, 0.6) is 5.75 Å². The molecule has 2 fully saturated rings. The third-order valence-electron chi connectivity index (χ3n) is 9.82. The Kier molecular flexibility index (Phi) is 6.29. The van der Waals surface area contributed by atoms with E-state index in [1.165, 1.54) is 48.8 Å². The van der Waals surface area contributed by atoms with E-state index in [1.54, 1.807) is 0 Å². The molecule has 5 atom stereocenters. The van der Waals surface area contributed by atoms with Crippen LogP contribution in [0.2, 0.25) is 0 Å². The quantitative estimate of drug-likeness (QED) is 0.299. The molecule has 1 aromatic rings. The van der Waals surface area contributed by atoms with Crippen molar-refractivity contribution in [1.29, 1.82) is 0 Å². The Morgan fingerprint density at radius 2 is 1.88 bits per heavy atom. The Bertz CT molecular complexity index is 874. The number of nitrogens with two attached hydrogens (primary N) is 1. The number of hydrogen-bond acceptors (Lipinski definition) is 3. The molecule has 32 heavy (non-hydrogen) atoms. The minimum Gasteiger partial charge on any atom is -0.425 e. The number of hydrogen-bond donors (Lipinski definition) is 1.